The molecule has 0 aliphatic heterocycles. The summed E-state index contributed by atoms with van der Waals surface area (Å²) < 4.78 is 0. The summed E-state index contributed by atoms with van der Waals surface area (Å²) in [6, 6.07) is 5.95. The Morgan fingerprint density at radius 3 is 2.63 bits per heavy atom. The second kappa shape index (κ2) is 4.24. The van der Waals surface area contributed by atoms with Gasteiger partial charge in [-0.1, -0.05) is 6.07 Å². The van der Waals surface area contributed by atoms with Crippen molar-refractivity contribution >= 4 is 0 Å². The van der Waals surface area contributed by atoms with Crippen LogP contribution in [0.5, 0.6) is 5.75 Å². The number of phenols is 1. The summed E-state index contributed by atoms with van der Waals surface area (Å²) in [6.45, 7) is 0. The molecule has 5 atom stereocenters. The van der Waals surface area contributed by atoms with Gasteiger partial charge in [0.1, 0.15) is 5.75 Å². The number of hydrogen-bond donors (Lipinski definition) is 2. The Morgan fingerprint density at radius 2 is 1.74 bits per heavy atom. The molecular weight excluding hydrogens is 236 g/mol. The number of phenolic OH excluding ortho intramolecular Hbond substituents is 1. The van der Waals surface area contributed by atoms with Crippen molar-refractivity contribution in [2.24, 2.45) is 17.8 Å². The maximum Gasteiger partial charge on any atom is 0.115 e. The monoisotopic (exact) mass is 258 g/mol. The van der Waals surface area contributed by atoms with Crippen LogP contribution in [0.2, 0.25) is 0 Å². The summed E-state index contributed by atoms with van der Waals surface area (Å²) in [6.07, 6.45) is 6.96. The van der Waals surface area contributed by atoms with Crippen LogP contribution in [0.25, 0.3) is 0 Å². The molecule has 102 valence electrons. The van der Waals surface area contributed by atoms with Gasteiger partial charge in [-0.05, 0) is 85.5 Å². The van der Waals surface area contributed by atoms with Gasteiger partial charge in [-0.2, -0.15) is 0 Å². The number of aliphatic hydroxyl groups is 1. The first-order valence-corrected chi connectivity index (χ1v) is 7.74. The van der Waals surface area contributed by atoms with Gasteiger partial charge in [-0.15, -0.1) is 0 Å². The lowest BCUT2D eigenvalue weighted by Gasteiger charge is -2.44. The molecule has 1 aromatic carbocycles. The largest absolute Gasteiger partial charge is 0.508 e. The topological polar surface area (TPSA) is 40.5 Å². The highest BCUT2D eigenvalue weighted by Gasteiger charge is 2.47. The number of fused-ring (bicyclic) bond motifs is 5. The fourth-order valence-electron chi connectivity index (χ4n) is 5.19. The predicted octanol–water partition coefficient (Wildman–Crippen LogP) is 3.22. The Hall–Kier alpha value is -1.02. The van der Waals surface area contributed by atoms with Crippen molar-refractivity contribution in [3.8, 4) is 5.75 Å². The van der Waals surface area contributed by atoms with Crippen LogP contribution in [0.3, 0.4) is 0 Å². The summed E-state index contributed by atoms with van der Waals surface area (Å²) in [5.41, 5.74) is 2.84. The average Bonchev–Trinajstić information content (AvgIpc) is 2.80. The Balaban J connectivity index is 1.68. The summed E-state index contributed by atoms with van der Waals surface area (Å²) in [5.74, 6) is 3.17. The Morgan fingerprint density at radius 1 is 0.895 bits per heavy atom. The molecule has 2 N–H and O–H groups in total. The highest BCUT2D eigenvalue weighted by Crippen LogP contribution is 2.55. The van der Waals surface area contributed by atoms with Gasteiger partial charge in [0.05, 0.1) is 6.10 Å². The van der Waals surface area contributed by atoms with Crippen molar-refractivity contribution in [3.63, 3.8) is 0 Å². The first-order chi connectivity index (χ1) is 9.24. The molecule has 2 heteroatoms. The summed E-state index contributed by atoms with van der Waals surface area (Å²) in [7, 11) is 0. The lowest BCUT2D eigenvalue weighted by atomic mass is 9.61. The predicted molar refractivity (Wildman–Crippen MR) is 74.1 cm³/mol. The molecule has 19 heavy (non-hydrogen) atoms. The van der Waals surface area contributed by atoms with Crippen LogP contribution in [0.1, 0.15) is 49.1 Å². The zero-order chi connectivity index (χ0) is 13.0. The molecule has 1 aromatic rings. The molecule has 2 saturated carbocycles. The van der Waals surface area contributed by atoms with Gasteiger partial charge in [0.25, 0.3) is 0 Å². The van der Waals surface area contributed by atoms with Gasteiger partial charge < -0.3 is 10.2 Å². The maximum absolute atomic E-state index is 10.1. The lowest BCUT2D eigenvalue weighted by Crippen LogP contribution is -2.36. The second-order valence-corrected chi connectivity index (χ2v) is 6.74. The van der Waals surface area contributed by atoms with Crippen LogP contribution in [0, 0.1) is 17.8 Å². The molecule has 0 unspecified atom stereocenters. The van der Waals surface area contributed by atoms with Crippen molar-refractivity contribution in [1.82, 2.24) is 0 Å². The summed E-state index contributed by atoms with van der Waals surface area (Å²) >= 11 is 0. The van der Waals surface area contributed by atoms with E-state index in [1.165, 1.54) is 36.8 Å². The van der Waals surface area contributed by atoms with Gasteiger partial charge in [-0.25, -0.2) is 0 Å². The molecule has 0 bridgehead atoms. The Labute approximate surface area is 114 Å². The molecule has 0 saturated heterocycles. The maximum atomic E-state index is 10.1. The molecule has 2 fully saturated rings. The molecule has 3 aliphatic carbocycles. The van der Waals surface area contributed by atoms with Crippen LogP contribution in [-0.2, 0) is 6.42 Å². The van der Waals surface area contributed by atoms with Gasteiger partial charge in [0.15, 0.2) is 0 Å². The van der Waals surface area contributed by atoms with E-state index in [4.69, 9.17) is 0 Å². The minimum Gasteiger partial charge on any atom is -0.508 e. The van der Waals surface area contributed by atoms with E-state index >= 15 is 0 Å². The van der Waals surface area contributed by atoms with E-state index in [1.54, 1.807) is 0 Å². The first-order valence-electron chi connectivity index (χ1n) is 7.74. The van der Waals surface area contributed by atoms with E-state index in [0.29, 0.717) is 17.6 Å². The van der Waals surface area contributed by atoms with Crippen molar-refractivity contribution in [2.75, 3.05) is 0 Å². The van der Waals surface area contributed by atoms with Gasteiger partial charge in [-0.3, -0.25) is 0 Å². The van der Waals surface area contributed by atoms with E-state index in [0.717, 1.165) is 24.7 Å². The normalized spacial score (nSPS) is 40.4. The fourth-order valence-corrected chi connectivity index (χ4v) is 5.19. The Bertz CT molecular complexity index is 496. The van der Waals surface area contributed by atoms with Crippen LogP contribution in [-0.4, -0.2) is 16.3 Å². The highest BCUT2D eigenvalue weighted by atomic mass is 16.3. The molecule has 0 aromatic heterocycles. The number of rotatable bonds is 0. The van der Waals surface area contributed by atoms with Gasteiger partial charge in [0, 0.05) is 0 Å². The standard InChI is InChI=1S/C17H22O2/c18-11-2-4-12-10(9-11)1-3-14-13(12)5-6-16-15(14)7-8-17(16)19/h2,4,9,13-19H,1,3,5-8H2/t13-,14+,15-,16+,17+/m0/s1. The third-order valence-electron chi connectivity index (χ3n) is 5.99. The SMILES string of the molecule is Oc1ccc2c(c1)CC[C@H]1[C@@H]3CC[C@@H](O)[C@@H]3CC[C@@H]21. The van der Waals surface area contributed by atoms with Gasteiger partial charge >= 0.3 is 0 Å². The van der Waals surface area contributed by atoms with Crippen molar-refractivity contribution < 1.29 is 10.2 Å². The van der Waals surface area contributed by atoms with Crippen molar-refractivity contribution in [1.29, 1.82) is 0 Å². The molecule has 2 nitrogen and oxygen atoms in total. The van der Waals surface area contributed by atoms with Crippen LogP contribution in [0.4, 0.5) is 0 Å². The number of hydrogen-bond acceptors (Lipinski definition) is 2. The van der Waals surface area contributed by atoms with Gasteiger partial charge in [0.2, 0.25) is 0 Å². The molecule has 0 spiro atoms. The number of aryl methyl sites for hydroxylation is 1. The quantitative estimate of drug-likeness (QED) is 0.750. The molecule has 4 rings (SSSR count). The summed E-state index contributed by atoms with van der Waals surface area (Å²) in [4.78, 5) is 0. The molecule has 0 amide bonds. The van der Waals surface area contributed by atoms with E-state index < -0.39 is 0 Å². The van der Waals surface area contributed by atoms with Crippen LogP contribution >= 0.6 is 0 Å². The lowest BCUT2D eigenvalue weighted by molar-refractivity contribution is 0.0566. The van der Waals surface area contributed by atoms with Crippen molar-refractivity contribution in [3.05, 3.63) is 29.3 Å². The molecular formula is C17H22O2. The third-order valence-corrected chi connectivity index (χ3v) is 5.99. The van der Waals surface area contributed by atoms with E-state index in [2.05, 4.69) is 6.07 Å². The number of aromatic hydroxyl groups is 1. The van der Waals surface area contributed by atoms with E-state index in [9.17, 15) is 10.2 Å². The molecule has 0 heterocycles. The highest BCUT2D eigenvalue weighted by molar-refractivity contribution is 5.39. The zero-order valence-corrected chi connectivity index (χ0v) is 11.3. The molecule has 3 aliphatic rings. The zero-order valence-electron chi connectivity index (χ0n) is 11.3. The smallest absolute Gasteiger partial charge is 0.115 e. The number of benzene rings is 1. The van der Waals surface area contributed by atoms with E-state index in [1.807, 2.05) is 12.1 Å². The number of aliphatic hydroxyl groups excluding tert-OH is 1. The minimum absolute atomic E-state index is 0.0350. The first kappa shape index (κ1) is 11.8. The third kappa shape index (κ3) is 1.73. The van der Waals surface area contributed by atoms with E-state index in [-0.39, 0.29) is 6.10 Å². The second-order valence-electron chi connectivity index (χ2n) is 6.74. The average molecular weight is 258 g/mol. The van der Waals surface area contributed by atoms with Crippen LogP contribution in [0.15, 0.2) is 18.2 Å². The minimum atomic E-state index is -0.0350. The fraction of sp³-hybridized carbons (Fsp3) is 0.647. The van der Waals surface area contributed by atoms with Crippen LogP contribution < -0.4 is 0 Å². The summed E-state index contributed by atoms with van der Waals surface area (Å²) in [5, 5.41) is 19.7. The van der Waals surface area contributed by atoms with Crippen molar-refractivity contribution in [2.45, 2.75) is 50.5 Å². The molecule has 0 radical (unpaired) electrons. The Kier molecular flexibility index (Phi) is 2.63.